The highest BCUT2D eigenvalue weighted by Crippen LogP contribution is 2.33. The van der Waals surface area contributed by atoms with Crippen LogP contribution in [0.4, 0.5) is 0 Å². The fourth-order valence-corrected chi connectivity index (χ4v) is 3.58. The summed E-state index contributed by atoms with van der Waals surface area (Å²) < 4.78 is 15.3. The Hall–Kier alpha value is -3.23. The van der Waals surface area contributed by atoms with Gasteiger partial charge in [-0.25, -0.2) is 5.01 Å². The summed E-state index contributed by atoms with van der Waals surface area (Å²) in [6, 6.07) is 17.1. The van der Waals surface area contributed by atoms with E-state index >= 15 is 0 Å². The van der Waals surface area contributed by atoms with Crippen LogP contribution >= 0.6 is 0 Å². The highest BCUT2D eigenvalue weighted by atomic mass is 16.5. The number of carbonyl (C=O) groups excluding carboxylic acids is 2. The molecule has 1 aliphatic rings. The zero-order valence-electron chi connectivity index (χ0n) is 18.7. The molecule has 0 radical (unpaired) electrons. The molecule has 0 bridgehead atoms. The third kappa shape index (κ3) is 5.72. The van der Waals surface area contributed by atoms with E-state index in [9.17, 15) is 9.59 Å². The summed E-state index contributed by atoms with van der Waals surface area (Å²) in [5.74, 6) is 0.223. The molecular formula is C24H29N3O5. The van der Waals surface area contributed by atoms with Crippen molar-refractivity contribution in [3.63, 3.8) is 0 Å². The minimum absolute atomic E-state index is 0.0977. The molecule has 2 aromatic carbocycles. The molecule has 2 aromatic rings. The number of hydrogen-bond donors (Lipinski definition) is 0. The molecule has 1 heterocycles. The molecule has 0 unspecified atom stereocenters. The molecule has 0 N–H and O–H groups in total. The van der Waals surface area contributed by atoms with Gasteiger partial charge in [-0.05, 0) is 35.4 Å². The number of ether oxygens (including phenoxy) is 3. The second-order valence-electron chi connectivity index (χ2n) is 7.39. The predicted octanol–water partition coefficient (Wildman–Crippen LogP) is 2.49. The van der Waals surface area contributed by atoms with Crippen molar-refractivity contribution < 1.29 is 23.8 Å². The number of amides is 2. The van der Waals surface area contributed by atoms with Gasteiger partial charge in [0, 0.05) is 27.2 Å². The minimum atomic E-state index is -0.271. The monoisotopic (exact) mass is 439 g/mol. The van der Waals surface area contributed by atoms with E-state index in [1.807, 2.05) is 54.6 Å². The average Bonchev–Trinajstić information content (AvgIpc) is 3.28. The van der Waals surface area contributed by atoms with Gasteiger partial charge in [0.2, 0.25) is 5.91 Å². The molecule has 0 saturated carbocycles. The van der Waals surface area contributed by atoms with Gasteiger partial charge in [-0.15, -0.1) is 0 Å². The quantitative estimate of drug-likeness (QED) is 0.568. The first-order chi connectivity index (χ1) is 15.6. The summed E-state index contributed by atoms with van der Waals surface area (Å²) in [7, 11) is 4.62. The van der Waals surface area contributed by atoms with Gasteiger partial charge < -0.3 is 19.1 Å². The Morgan fingerprint density at radius 2 is 1.75 bits per heavy atom. The summed E-state index contributed by atoms with van der Waals surface area (Å²) in [5, 5.41) is 6.16. The Bertz CT molecular complexity index is 930. The number of benzene rings is 2. The molecular weight excluding hydrogens is 410 g/mol. The predicted molar refractivity (Wildman–Crippen MR) is 121 cm³/mol. The summed E-state index contributed by atoms with van der Waals surface area (Å²) in [4.78, 5) is 27.2. The van der Waals surface area contributed by atoms with Crippen molar-refractivity contribution >= 4 is 17.5 Å². The first kappa shape index (κ1) is 23.4. The third-order valence-electron chi connectivity index (χ3n) is 5.29. The lowest BCUT2D eigenvalue weighted by atomic mass is 9.98. The normalized spacial score (nSPS) is 15.4. The molecule has 1 aliphatic heterocycles. The van der Waals surface area contributed by atoms with Crippen LogP contribution in [0.3, 0.4) is 0 Å². The molecule has 0 saturated heterocycles. The lowest BCUT2D eigenvalue weighted by Crippen LogP contribution is -2.44. The Morgan fingerprint density at radius 3 is 2.38 bits per heavy atom. The maximum absolute atomic E-state index is 13.3. The van der Waals surface area contributed by atoms with Crippen molar-refractivity contribution in [1.29, 1.82) is 0 Å². The van der Waals surface area contributed by atoms with Gasteiger partial charge >= 0.3 is 0 Å². The summed E-state index contributed by atoms with van der Waals surface area (Å²) in [6.45, 7) is 0.419. The lowest BCUT2D eigenvalue weighted by molar-refractivity contribution is -0.144. The number of nitrogens with zero attached hydrogens (tertiary/aromatic N) is 3. The highest BCUT2D eigenvalue weighted by molar-refractivity contribution is 6.03. The standard InChI is InChI=1S/C24H29N3O5/c1-30-14-13-26(24(29)17-31-2)16-23(28)27-22(19-7-5-4-6-8-19)15-21(25-27)18-9-11-20(32-3)12-10-18/h4-12,22H,13-17H2,1-3H3/t22-/m0/s1. The Balaban J connectivity index is 1.86. The lowest BCUT2D eigenvalue weighted by Gasteiger charge is -2.26. The Labute approximate surface area is 188 Å². The van der Waals surface area contributed by atoms with Crippen LogP contribution in [0.2, 0.25) is 0 Å². The van der Waals surface area contributed by atoms with Crippen molar-refractivity contribution in [1.82, 2.24) is 9.91 Å². The summed E-state index contributed by atoms with van der Waals surface area (Å²) >= 11 is 0. The second-order valence-corrected chi connectivity index (χ2v) is 7.39. The number of carbonyl (C=O) groups is 2. The highest BCUT2D eigenvalue weighted by Gasteiger charge is 2.34. The van der Waals surface area contributed by atoms with E-state index < -0.39 is 0 Å². The maximum Gasteiger partial charge on any atom is 0.262 e. The number of hydrogen-bond acceptors (Lipinski definition) is 6. The van der Waals surface area contributed by atoms with Crippen molar-refractivity contribution in [3.05, 3.63) is 65.7 Å². The van der Waals surface area contributed by atoms with Gasteiger partial charge in [-0.1, -0.05) is 30.3 Å². The van der Waals surface area contributed by atoms with E-state index in [2.05, 4.69) is 5.10 Å². The first-order valence-corrected chi connectivity index (χ1v) is 10.4. The minimum Gasteiger partial charge on any atom is -0.497 e. The molecule has 8 heteroatoms. The Kier molecular flexibility index (Phi) is 8.35. The molecule has 3 rings (SSSR count). The van der Waals surface area contributed by atoms with Crippen LogP contribution in [-0.4, -0.2) is 75.1 Å². The summed E-state index contributed by atoms with van der Waals surface area (Å²) in [5.41, 5.74) is 2.72. The van der Waals surface area contributed by atoms with E-state index in [0.717, 1.165) is 22.6 Å². The molecule has 1 atom stereocenters. The molecule has 0 aliphatic carbocycles. The van der Waals surface area contributed by atoms with E-state index in [-0.39, 0.29) is 31.0 Å². The maximum atomic E-state index is 13.3. The van der Waals surface area contributed by atoms with E-state index in [0.29, 0.717) is 19.6 Å². The van der Waals surface area contributed by atoms with Crippen molar-refractivity contribution in [2.45, 2.75) is 12.5 Å². The fourth-order valence-electron chi connectivity index (χ4n) is 3.58. The van der Waals surface area contributed by atoms with Crippen LogP contribution in [0.5, 0.6) is 5.75 Å². The van der Waals surface area contributed by atoms with E-state index in [1.54, 1.807) is 14.2 Å². The SMILES string of the molecule is COCCN(CC(=O)N1N=C(c2ccc(OC)cc2)C[C@H]1c1ccccc1)C(=O)COC. The number of rotatable bonds is 10. The van der Waals surface area contributed by atoms with Crippen molar-refractivity contribution in [3.8, 4) is 5.75 Å². The molecule has 0 spiro atoms. The van der Waals surface area contributed by atoms with E-state index in [4.69, 9.17) is 14.2 Å². The third-order valence-corrected chi connectivity index (χ3v) is 5.29. The zero-order chi connectivity index (χ0) is 22.9. The van der Waals surface area contributed by atoms with Crippen LogP contribution in [-0.2, 0) is 19.1 Å². The first-order valence-electron chi connectivity index (χ1n) is 10.4. The van der Waals surface area contributed by atoms with Crippen molar-refractivity contribution in [2.75, 3.05) is 47.6 Å². The fraction of sp³-hybridized carbons (Fsp3) is 0.375. The van der Waals surface area contributed by atoms with Crippen LogP contribution in [0.1, 0.15) is 23.6 Å². The molecule has 8 nitrogen and oxygen atoms in total. The Morgan fingerprint density at radius 1 is 1.03 bits per heavy atom. The van der Waals surface area contributed by atoms with Gasteiger partial charge in [-0.2, -0.15) is 5.10 Å². The van der Waals surface area contributed by atoms with Crippen molar-refractivity contribution in [2.24, 2.45) is 5.10 Å². The second kappa shape index (κ2) is 11.4. The van der Waals surface area contributed by atoms with Gasteiger partial charge in [0.15, 0.2) is 0 Å². The number of hydrazone groups is 1. The van der Waals surface area contributed by atoms with Gasteiger partial charge in [0.05, 0.1) is 25.5 Å². The molecule has 0 fully saturated rings. The molecule has 170 valence electrons. The van der Waals surface area contributed by atoms with Gasteiger partial charge in [0.1, 0.15) is 18.9 Å². The largest absolute Gasteiger partial charge is 0.497 e. The van der Waals surface area contributed by atoms with Crippen LogP contribution in [0.15, 0.2) is 59.7 Å². The number of methoxy groups -OCH3 is 3. The van der Waals surface area contributed by atoms with Gasteiger partial charge in [0.25, 0.3) is 5.91 Å². The van der Waals surface area contributed by atoms with E-state index in [1.165, 1.54) is 17.0 Å². The van der Waals surface area contributed by atoms with Crippen LogP contribution in [0, 0.1) is 0 Å². The zero-order valence-corrected chi connectivity index (χ0v) is 18.7. The average molecular weight is 440 g/mol. The molecule has 2 amide bonds. The van der Waals surface area contributed by atoms with Crippen LogP contribution < -0.4 is 4.74 Å². The van der Waals surface area contributed by atoms with Crippen LogP contribution in [0.25, 0.3) is 0 Å². The summed E-state index contributed by atoms with van der Waals surface area (Å²) in [6.07, 6.45) is 0.576. The smallest absolute Gasteiger partial charge is 0.262 e. The van der Waals surface area contributed by atoms with Gasteiger partial charge in [-0.3, -0.25) is 9.59 Å². The molecule has 0 aromatic heterocycles. The topological polar surface area (TPSA) is 80.7 Å². The molecule has 32 heavy (non-hydrogen) atoms.